The van der Waals surface area contributed by atoms with Gasteiger partial charge in [-0.2, -0.15) is 8.75 Å². The lowest BCUT2D eigenvalue weighted by Crippen LogP contribution is -2.32. The number of benzene rings is 5. The van der Waals surface area contributed by atoms with Crippen molar-refractivity contribution in [2.45, 2.75) is 150 Å². The Labute approximate surface area is 363 Å². The minimum Gasteiger partial charge on any atom is -0.203 e. The maximum absolute atomic E-state index is 16.4. The Morgan fingerprint density at radius 3 is 1.42 bits per heavy atom. The number of aromatic nitrogens is 2. The Morgan fingerprint density at radius 1 is 0.533 bits per heavy atom. The second-order valence-electron chi connectivity index (χ2n) is 19.8. The van der Waals surface area contributed by atoms with Crippen molar-refractivity contribution < 1.29 is 8.78 Å². The van der Waals surface area contributed by atoms with Crippen LogP contribution < -0.4 is 0 Å². The van der Waals surface area contributed by atoms with Crippen LogP contribution in [-0.4, -0.2) is 8.75 Å². The van der Waals surface area contributed by atoms with E-state index < -0.39 is 11.6 Å². The van der Waals surface area contributed by atoms with Crippen molar-refractivity contribution in [3.63, 3.8) is 0 Å². The molecule has 6 aromatic rings. The molecule has 1 aromatic heterocycles. The maximum Gasteiger partial charge on any atom is 0.169 e. The van der Waals surface area contributed by atoms with Crippen LogP contribution in [0, 0.1) is 23.5 Å². The van der Waals surface area contributed by atoms with Crippen LogP contribution in [0.15, 0.2) is 84.9 Å². The predicted octanol–water partition coefficient (Wildman–Crippen LogP) is 17.0. The molecule has 60 heavy (non-hydrogen) atoms. The van der Waals surface area contributed by atoms with Crippen LogP contribution in [0.25, 0.3) is 55.5 Å². The van der Waals surface area contributed by atoms with E-state index >= 15 is 8.78 Å². The van der Waals surface area contributed by atoms with E-state index in [0.29, 0.717) is 34.0 Å². The summed E-state index contributed by atoms with van der Waals surface area (Å²) in [5.74, 6) is -0.518. The molecule has 0 fully saturated rings. The molecule has 5 heteroatoms. The Hall–Kier alpha value is -4.22. The average molecular weight is 825 g/mol. The van der Waals surface area contributed by atoms with Gasteiger partial charge in [-0.1, -0.05) is 199 Å². The SMILES string of the molecule is CCCCC(CC)CC1(CC(CC)CCCC)c2cc(-c3ccc(-c4c(F)c(F)c(-c5ccc(C(C)(C)C)cc5)c5nsnc45)cc3)ccc2-c2ccc(C(C)(C)C)cc21. The van der Waals surface area contributed by atoms with Gasteiger partial charge in [0.15, 0.2) is 11.6 Å². The molecule has 0 radical (unpaired) electrons. The van der Waals surface area contributed by atoms with E-state index in [2.05, 4.69) is 127 Å². The van der Waals surface area contributed by atoms with Gasteiger partial charge in [0.1, 0.15) is 11.0 Å². The summed E-state index contributed by atoms with van der Waals surface area (Å²) in [7, 11) is 0. The molecule has 0 amide bonds. The third kappa shape index (κ3) is 8.37. The van der Waals surface area contributed by atoms with Crippen LogP contribution in [0.2, 0.25) is 0 Å². The lowest BCUT2D eigenvalue weighted by molar-refractivity contribution is 0.266. The fourth-order valence-electron chi connectivity index (χ4n) is 9.97. The fourth-order valence-corrected chi connectivity index (χ4v) is 10.5. The lowest BCUT2D eigenvalue weighted by Gasteiger charge is -2.39. The number of unbranched alkanes of at least 4 members (excludes halogenated alkanes) is 2. The molecule has 316 valence electrons. The summed E-state index contributed by atoms with van der Waals surface area (Å²) in [6.07, 6.45) is 12.1. The number of hydrogen-bond donors (Lipinski definition) is 0. The summed E-state index contributed by atoms with van der Waals surface area (Å²) < 4.78 is 41.7. The third-order valence-corrected chi connectivity index (χ3v) is 14.3. The fraction of sp³-hybridized carbons (Fsp3) is 0.455. The highest BCUT2D eigenvalue weighted by Crippen LogP contribution is 2.57. The summed E-state index contributed by atoms with van der Waals surface area (Å²) in [4.78, 5) is 0. The first-order chi connectivity index (χ1) is 28.6. The molecule has 1 aliphatic carbocycles. The van der Waals surface area contributed by atoms with Crippen LogP contribution in [0.1, 0.15) is 156 Å². The van der Waals surface area contributed by atoms with Crippen molar-refractivity contribution in [1.82, 2.24) is 8.75 Å². The molecule has 2 atom stereocenters. The second-order valence-corrected chi connectivity index (χ2v) is 20.4. The molecule has 0 spiro atoms. The van der Waals surface area contributed by atoms with Crippen LogP contribution in [-0.2, 0) is 16.2 Å². The molecule has 0 N–H and O–H groups in total. The van der Waals surface area contributed by atoms with Gasteiger partial charge in [-0.25, -0.2) is 8.78 Å². The van der Waals surface area contributed by atoms with E-state index in [-0.39, 0.29) is 27.4 Å². The van der Waals surface area contributed by atoms with Crippen molar-refractivity contribution >= 4 is 22.8 Å². The number of nitrogens with zero attached hydrogens (tertiary/aromatic N) is 2. The van der Waals surface area contributed by atoms with Crippen LogP contribution >= 0.6 is 11.7 Å². The quantitative estimate of drug-likeness (QED) is 0.103. The number of rotatable bonds is 15. The Morgan fingerprint density at radius 2 is 0.950 bits per heavy atom. The molecule has 2 nitrogen and oxygen atoms in total. The largest absolute Gasteiger partial charge is 0.203 e. The highest BCUT2D eigenvalue weighted by atomic mass is 32.1. The molecule has 7 rings (SSSR count). The van der Waals surface area contributed by atoms with Crippen molar-refractivity contribution in [3.8, 4) is 44.5 Å². The molecule has 1 aliphatic rings. The molecule has 1 heterocycles. The first kappa shape index (κ1) is 43.9. The zero-order chi connectivity index (χ0) is 43.0. The highest BCUT2D eigenvalue weighted by Gasteiger charge is 2.46. The normalized spacial score (nSPS) is 16.3. The number of halogens is 2. The van der Waals surface area contributed by atoms with E-state index in [9.17, 15) is 0 Å². The second kappa shape index (κ2) is 17.6. The summed E-state index contributed by atoms with van der Waals surface area (Å²) in [5.41, 5.74) is 12.6. The van der Waals surface area contributed by atoms with Gasteiger partial charge in [0, 0.05) is 16.5 Å². The molecule has 0 bridgehead atoms. The monoisotopic (exact) mass is 824 g/mol. The van der Waals surface area contributed by atoms with Crippen LogP contribution in [0.5, 0.6) is 0 Å². The van der Waals surface area contributed by atoms with Gasteiger partial charge in [0.05, 0.1) is 11.7 Å². The lowest BCUT2D eigenvalue weighted by atomic mass is 9.64. The van der Waals surface area contributed by atoms with Crippen molar-refractivity contribution in [2.24, 2.45) is 11.8 Å². The maximum atomic E-state index is 16.4. The standard InChI is InChI=1S/C55H66F2N2S/c1-11-15-17-35(13-3)33-55(34-36(14-4)18-16-12-2)45-31-40(25-29-43(45)44-30-28-42(32-46(44)55)54(8,9)10)37-19-21-38(22-20-37)47-49(56)50(57)48(52-51(47)58-60-59-52)39-23-26-41(27-24-39)53(5,6)7/h19-32,35-36H,11-18,33-34H2,1-10H3. The molecular formula is C55H66F2N2S. The molecule has 0 saturated heterocycles. The summed E-state index contributed by atoms with van der Waals surface area (Å²) in [6, 6.07) is 30.1. The summed E-state index contributed by atoms with van der Waals surface area (Å²) >= 11 is 0.990. The van der Waals surface area contributed by atoms with Crippen molar-refractivity contribution in [3.05, 3.63) is 119 Å². The molecular weight excluding hydrogens is 759 g/mol. The zero-order valence-corrected chi connectivity index (χ0v) is 38.7. The van der Waals surface area contributed by atoms with E-state index in [1.165, 1.54) is 79.2 Å². The first-order valence-electron chi connectivity index (χ1n) is 22.8. The topological polar surface area (TPSA) is 25.8 Å². The number of fused-ring (bicyclic) bond motifs is 4. The summed E-state index contributed by atoms with van der Waals surface area (Å²) in [6.45, 7) is 22.8. The van der Waals surface area contributed by atoms with E-state index in [1.54, 1.807) is 0 Å². The van der Waals surface area contributed by atoms with Crippen LogP contribution in [0.3, 0.4) is 0 Å². The van der Waals surface area contributed by atoms with E-state index in [1.807, 2.05) is 36.4 Å². The average Bonchev–Trinajstić information content (AvgIpc) is 3.81. The van der Waals surface area contributed by atoms with Crippen molar-refractivity contribution in [2.75, 3.05) is 0 Å². The zero-order valence-electron chi connectivity index (χ0n) is 37.9. The van der Waals surface area contributed by atoms with Gasteiger partial charge >= 0.3 is 0 Å². The smallest absolute Gasteiger partial charge is 0.169 e. The molecule has 0 aliphatic heterocycles. The Balaban J connectivity index is 1.33. The van der Waals surface area contributed by atoms with E-state index in [0.717, 1.165) is 41.3 Å². The van der Waals surface area contributed by atoms with Gasteiger partial charge in [-0.05, 0) is 97.2 Å². The van der Waals surface area contributed by atoms with Gasteiger partial charge in [0.25, 0.3) is 0 Å². The van der Waals surface area contributed by atoms with Crippen molar-refractivity contribution in [1.29, 1.82) is 0 Å². The van der Waals surface area contributed by atoms with Gasteiger partial charge in [-0.15, -0.1) is 0 Å². The van der Waals surface area contributed by atoms with Gasteiger partial charge in [-0.3, -0.25) is 0 Å². The molecule has 0 saturated carbocycles. The summed E-state index contributed by atoms with van der Waals surface area (Å²) in [5, 5.41) is 0. The number of hydrogen-bond acceptors (Lipinski definition) is 3. The Kier molecular flexibility index (Phi) is 12.9. The van der Waals surface area contributed by atoms with Gasteiger partial charge in [0.2, 0.25) is 0 Å². The molecule has 5 aromatic carbocycles. The first-order valence-corrected chi connectivity index (χ1v) is 23.5. The minimum absolute atomic E-state index is 0.0434. The molecule has 2 unspecified atom stereocenters. The minimum atomic E-state index is -0.894. The third-order valence-electron chi connectivity index (χ3n) is 13.7. The predicted molar refractivity (Wildman–Crippen MR) is 253 cm³/mol. The van der Waals surface area contributed by atoms with Gasteiger partial charge < -0.3 is 0 Å². The Bertz CT molecular complexity index is 2410. The van der Waals surface area contributed by atoms with E-state index in [4.69, 9.17) is 0 Å². The van der Waals surface area contributed by atoms with Crippen LogP contribution in [0.4, 0.5) is 8.78 Å². The highest BCUT2D eigenvalue weighted by molar-refractivity contribution is 7.00.